The summed E-state index contributed by atoms with van der Waals surface area (Å²) in [5.74, 6) is -1.98. The lowest BCUT2D eigenvalue weighted by Crippen LogP contribution is -2.46. The van der Waals surface area contributed by atoms with Crippen LogP contribution in [-0.2, 0) is 17.1 Å². The van der Waals surface area contributed by atoms with Gasteiger partial charge in [0.25, 0.3) is 0 Å². The predicted molar refractivity (Wildman–Crippen MR) is 134 cm³/mol. The third kappa shape index (κ3) is 6.71. The molecule has 1 saturated heterocycles. The zero-order valence-electron chi connectivity index (χ0n) is 21.7. The molecule has 1 fully saturated rings. The SMILES string of the molecule is Cc1cc(F)ccc1[C@H]1CN(c2cnccn2)CC[C@@H]1C(=O)NC[C@H](C)c1cc(C(F)(F)F)cc(C(F)(F)F)c1. The normalized spacial score (nSPS) is 18.9. The van der Waals surface area contributed by atoms with Gasteiger partial charge in [-0.15, -0.1) is 0 Å². The van der Waals surface area contributed by atoms with Crippen LogP contribution in [0.5, 0.6) is 0 Å². The van der Waals surface area contributed by atoms with Gasteiger partial charge in [0, 0.05) is 43.9 Å². The first-order valence-electron chi connectivity index (χ1n) is 12.6. The first kappa shape index (κ1) is 29.3. The molecule has 0 bridgehead atoms. The topological polar surface area (TPSA) is 58.1 Å². The van der Waals surface area contributed by atoms with Gasteiger partial charge in [0.1, 0.15) is 11.6 Å². The number of nitrogens with one attached hydrogen (secondary N) is 1. The maximum Gasteiger partial charge on any atom is 0.416 e. The summed E-state index contributed by atoms with van der Waals surface area (Å²) in [5, 5.41) is 2.73. The van der Waals surface area contributed by atoms with E-state index in [1.807, 2.05) is 4.90 Å². The van der Waals surface area contributed by atoms with E-state index in [-0.39, 0.29) is 30.0 Å². The Morgan fingerprint density at radius 1 is 1.05 bits per heavy atom. The van der Waals surface area contributed by atoms with Crippen LogP contribution < -0.4 is 10.2 Å². The molecule has 0 aliphatic carbocycles. The number of alkyl halides is 6. The minimum Gasteiger partial charge on any atom is -0.355 e. The summed E-state index contributed by atoms with van der Waals surface area (Å²) in [4.78, 5) is 23.8. The maximum atomic E-state index is 13.8. The number of hydrogen-bond acceptors (Lipinski definition) is 4. The lowest BCUT2D eigenvalue weighted by molar-refractivity contribution is -0.143. The van der Waals surface area contributed by atoms with Crippen molar-refractivity contribution in [1.82, 2.24) is 15.3 Å². The monoisotopic (exact) mass is 568 g/mol. The minimum absolute atomic E-state index is 0.0787. The van der Waals surface area contributed by atoms with Crippen LogP contribution in [0.3, 0.4) is 0 Å². The Morgan fingerprint density at radius 2 is 1.73 bits per heavy atom. The fourth-order valence-electron chi connectivity index (χ4n) is 5.06. The van der Waals surface area contributed by atoms with Crippen LogP contribution >= 0.6 is 0 Å². The molecule has 5 nitrogen and oxygen atoms in total. The number of rotatable bonds is 6. The van der Waals surface area contributed by atoms with Crippen molar-refractivity contribution in [1.29, 1.82) is 0 Å². The minimum atomic E-state index is -4.96. The van der Waals surface area contributed by atoms with Crippen LogP contribution in [-0.4, -0.2) is 35.5 Å². The molecule has 2 heterocycles. The number of carbonyl (C=O) groups is 1. The molecular weight excluding hydrogens is 541 g/mol. The van der Waals surface area contributed by atoms with Crippen molar-refractivity contribution in [2.75, 3.05) is 24.5 Å². The molecule has 2 aromatic carbocycles. The molecule has 4 rings (SSSR count). The van der Waals surface area contributed by atoms with Gasteiger partial charge in [0.05, 0.1) is 17.3 Å². The third-order valence-electron chi connectivity index (χ3n) is 7.22. The number of piperidine rings is 1. The van der Waals surface area contributed by atoms with E-state index in [2.05, 4.69) is 15.3 Å². The number of benzene rings is 2. The Bertz CT molecular complexity index is 1310. The first-order valence-corrected chi connectivity index (χ1v) is 12.6. The Balaban J connectivity index is 1.55. The standard InChI is InChI=1S/C28H27F7N4O/c1-16-9-21(29)3-4-22(16)24-15-39(25-14-36-6-7-37-25)8-5-23(24)26(40)38-13-17(2)18-10-19(27(30,31)32)12-20(11-18)28(33,34)35/h3-4,6-7,9-12,14,17,23-24H,5,8,13,15H2,1-2H3,(H,38,40)/t17-,23-,24+/m0/s1. The van der Waals surface area contributed by atoms with Crippen molar-refractivity contribution in [3.63, 3.8) is 0 Å². The third-order valence-corrected chi connectivity index (χ3v) is 7.22. The summed E-state index contributed by atoms with van der Waals surface area (Å²) in [6.45, 7) is 3.86. The van der Waals surface area contributed by atoms with Gasteiger partial charge in [-0.2, -0.15) is 26.3 Å². The molecule has 3 atom stereocenters. The van der Waals surface area contributed by atoms with Crippen molar-refractivity contribution < 1.29 is 35.5 Å². The smallest absolute Gasteiger partial charge is 0.355 e. The van der Waals surface area contributed by atoms with Gasteiger partial charge < -0.3 is 10.2 Å². The highest BCUT2D eigenvalue weighted by molar-refractivity contribution is 5.80. The zero-order chi connectivity index (χ0) is 29.2. The molecule has 0 unspecified atom stereocenters. The van der Waals surface area contributed by atoms with Gasteiger partial charge in [-0.1, -0.05) is 13.0 Å². The number of amides is 1. The molecule has 0 saturated carbocycles. The van der Waals surface area contributed by atoms with Gasteiger partial charge in [-0.3, -0.25) is 9.78 Å². The number of halogens is 7. The molecule has 0 spiro atoms. The summed E-state index contributed by atoms with van der Waals surface area (Å²) >= 11 is 0. The molecule has 214 valence electrons. The van der Waals surface area contributed by atoms with Gasteiger partial charge in [0.2, 0.25) is 5.91 Å². The van der Waals surface area contributed by atoms with E-state index in [1.54, 1.807) is 25.4 Å². The molecule has 1 aromatic heterocycles. The van der Waals surface area contributed by atoms with Gasteiger partial charge in [-0.25, -0.2) is 9.37 Å². The highest BCUT2D eigenvalue weighted by Crippen LogP contribution is 2.38. The number of aromatic nitrogens is 2. The Morgan fingerprint density at radius 3 is 2.30 bits per heavy atom. The van der Waals surface area contributed by atoms with E-state index in [0.29, 0.717) is 43.0 Å². The van der Waals surface area contributed by atoms with E-state index < -0.39 is 41.1 Å². The van der Waals surface area contributed by atoms with Crippen molar-refractivity contribution in [3.05, 3.63) is 88.6 Å². The molecule has 1 amide bonds. The lowest BCUT2D eigenvalue weighted by atomic mass is 9.78. The molecule has 12 heteroatoms. The van der Waals surface area contributed by atoms with E-state index in [9.17, 15) is 35.5 Å². The quantitative estimate of drug-likeness (QED) is 0.346. The molecule has 1 aliphatic heterocycles. The van der Waals surface area contributed by atoms with Gasteiger partial charge in [0.15, 0.2) is 0 Å². The number of nitrogens with zero attached hydrogens (tertiary/aromatic N) is 3. The number of anilines is 1. The average molecular weight is 569 g/mol. The van der Waals surface area contributed by atoms with E-state index in [4.69, 9.17) is 0 Å². The second-order valence-electron chi connectivity index (χ2n) is 10.00. The van der Waals surface area contributed by atoms with Gasteiger partial charge in [-0.05, 0) is 66.3 Å². The average Bonchev–Trinajstić information content (AvgIpc) is 2.90. The van der Waals surface area contributed by atoms with E-state index in [0.717, 1.165) is 5.56 Å². The summed E-state index contributed by atoms with van der Waals surface area (Å²) < 4.78 is 93.6. The zero-order valence-corrected chi connectivity index (χ0v) is 21.7. The Hall–Kier alpha value is -3.70. The second-order valence-corrected chi connectivity index (χ2v) is 10.00. The second kappa shape index (κ2) is 11.4. The Labute approximate surface area is 226 Å². The fraction of sp³-hybridized carbons (Fsp3) is 0.393. The van der Waals surface area contributed by atoms with Crippen molar-refractivity contribution in [3.8, 4) is 0 Å². The molecule has 1 aliphatic rings. The van der Waals surface area contributed by atoms with Crippen molar-refractivity contribution in [2.24, 2.45) is 5.92 Å². The largest absolute Gasteiger partial charge is 0.416 e. The van der Waals surface area contributed by atoms with E-state index in [1.165, 1.54) is 25.3 Å². The molecule has 3 aromatic rings. The van der Waals surface area contributed by atoms with Crippen LogP contribution in [0.4, 0.5) is 36.6 Å². The fourth-order valence-corrected chi connectivity index (χ4v) is 5.06. The molecular formula is C28H27F7N4O. The van der Waals surface area contributed by atoms with Crippen LogP contribution in [0.2, 0.25) is 0 Å². The lowest BCUT2D eigenvalue weighted by Gasteiger charge is -2.39. The van der Waals surface area contributed by atoms with E-state index >= 15 is 0 Å². The van der Waals surface area contributed by atoms with Crippen LogP contribution in [0.15, 0.2) is 55.0 Å². The maximum absolute atomic E-state index is 13.8. The van der Waals surface area contributed by atoms with Crippen LogP contribution in [0.25, 0.3) is 0 Å². The number of aryl methyl sites for hydroxylation is 1. The van der Waals surface area contributed by atoms with Gasteiger partial charge >= 0.3 is 12.4 Å². The summed E-state index contributed by atoms with van der Waals surface area (Å²) in [5.41, 5.74) is -1.58. The highest BCUT2D eigenvalue weighted by Gasteiger charge is 2.38. The number of carbonyl (C=O) groups excluding carboxylic acids is 1. The van der Waals surface area contributed by atoms with Crippen LogP contribution in [0.1, 0.15) is 53.0 Å². The summed E-state index contributed by atoms with van der Waals surface area (Å²) in [6.07, 6.45) is -4.85. The Kier molecular flexibility index (Phi) is 8.36. The highest BCUT2D eigenvalue weighted by atomic mass is 19.4. The van der Waals surface area contributed by atoms with Crippen molar-refractivity contribution >= 4 is 11.7 Å². The molecule has 0 radical (unpaired) electrons. The first-order chi connectivity index (χ1) is 18.7. The molecule has 40 heavy (non-hydrogen) atoms. The number of hydrogen-bond donors (Lipinski definition) is 1. The molecule has 1 N–H and O–H groups in total. The van der Waals surface area contributed by atoms with Crippen molar-refractivity contribution in [2.45, 2.75) is 44.5 Å². The van der Waals surface area contributed by atoms with Crippen LogP contribution in [0, 0.1) is 18.7 Å². The summed E-state index contributed by atoms with van der Waals surface area (Å²) in [7, 11) is 0. The summed E-state index contributed by atoms with van der Waals surface area (Å²) in [6, 6.07) is 5.74. The predicted octanol–water partition coefficient (Wildman–Crippen LogP) is 6.49.